The van der Waals surface area contributed by atoms with E-state index >= 15 is 0 Å². The molecule has 3 rings (SSSR count). The molecule has 2 amide bonds. The minimum Gasteiger partial charge on any atom is -0.338 e. The van der Waals surface area contributed by atoms with Crippen molar-refractivity contribution in [1.29, 1.82) is 0 Å². The summed E-state index contributed by atoms with van der Waals surface area (Å²) >= 11 is 0. The summed E-state index contributed by atoms with van der Waals surface area (Å²) in [6.07, 6.45) is -3.22. The smallest absolute Gasteiger partial charge is 0.338 e. The maximum absolute atomic E-state index is 12.9. The van der Waals surface area contributed by atoms with Crippen LogP contribution in [-0.4, -0.2) is 29.8 Å². The number of piperidine rings is 1. The quantitative estimate of drug-likeness (QED) is 0.798. The van der Waals surface area contributed by atoms with Crippen molar-refractivity contribution in [2.45, 2.75) is 32.9 Å². The van der Waals surface area contributed by atoms with Crippen molar-refractivity contribution >= 4 is 17.5 Å². The molecule has 0 radical (unpaired) electrons. The highest BCUT2D eigenvalue weighted by Gasteiger charge is 2.32. The SMILES string of the molecule is Cc1cc(C)cc(C(=O)N2CCCC(C(=O)Nc3cccc(C(F)(F)F)c3)C2)c1. The molecule has 7 heteroatoms. The van der Waals surface area contributed by atoms with Crippen molar-refractivity contribution in [3.63, 3.8) is 0 Å². The van der Waals surface area contributed by atoms with E-state index in [0.29, 0.717) is 24.9 Å². The van der Waals surface area contributed by atoms with Gasteiger partial charge in [0.1, 0.15) is 0 Å². The monoisotopic (exact) mass is 404 g/mol. The molecular formula is C22H23F3N2O2. The lowest BCUT2D eigenvalue weighted by molar-refractivity contribution is -0.137. The van der Waals surface area contributed by atoms with Gasteiger partial charge in [0.15, 0.2) is 0 Å². The summed E-state index contributed by atoms with van der Waals surface area (Å²) in [5.74, 6) is -0.969. The van der Waals surface area contributed by atoms with Gasteiger partial charge in [-0.25, -0.2) is 0 Å². The predicted molar refractivity (Wildman–Crippen MR) is 105 cm³/mol. The number of nitrogens with zero attached hydrogens (tertiary/aromatic N) is 1. The molecule has 1 aliphatic rings. The maximum atomic E-state index is 12.9. The normalized spacial score (nSPS) is 17.1. The van der Waals surface area contributed by atoms with E-state index in [4.69, 9.17) is 0 Å². The highest BCUT2D eigenvalue weighted by molar-refractivity contribution is 5.96. The lowest BCUT2D eigenvalue weighted by Crippen LogP contribution is -2.43. The first-order chi connectivity index (χ1) is 13.6. The second-order valence-corrected chi connectivity index (χ2v) is 7.53. The molecule has 1 heterocycles. The molecule has 0 aliphatic carbocycles. The molecule has 0 aromatic heterocycles. The second-order valence-electron chi connectivity index (χ2n) is 7.53. The summed E-state index contributed by atoms with van der Waals surface area (Å²) in [5.41, 5.74) is 1.85. The molecule has 0 bridgehead atoms. The number of halogens is 3. The van der Waals surface area contributed by atoms with Crippen LogP contribution in [0.5, 0.6) is 0 Å². The number of hydrogen-bond acceptors (Lipinski definition) is 2. The van der Waals surface area contributed by atoms with Gasteiger partial charge in [0.25, 0.3) is 5.91 Å². The lowest BCUT2D eigenvalue weighted by Gasteiger charge is -2.32. The molecule has 1 N–H and O–H groups in total. The van der Waals surface area contributed by atoms with Crippen molar-refractivity contribution < 1.29 is 22.8 Å². The average molecular weight is 404 g/mol. The number of carbonyl (C=O) groups excluding carboxylic acids is 2. The molecule has 1 fully saturated rings. The van der Waals surface area contributed by atoms with E-state index in [2.05, 4.69) is 5.32 Å². The molecule has 0 saturated carbocycles. The minimum absolute atomic E-state index is 0.0996. The zero-order valence-corrected chi connectivity index (χ0v) is 16.3. The van der Waals surface area contributed by atoms with Crippen molar-refractivity contribution in [2.75, 3.05) is 18.4 Å². The summed E-state index contributed by atoms with van der Waals surface area (Å²) in [7, 11) is 0. The Kier molecular flexibility index (Phi) is 5.96. The number of alkyl halides is 3. The fourth-order valence-electron chi connectivity index (χ4n) is 3.67. The largest absolute Gasteiger partial charge is 0.416 e. The van der Waals surface area contributed by atoms with Crippen molar-refractivity contribution in [3.8, 4) is 0 Å². The van der Waals surface area contributed by atoms with E-state index in [-0.39, 0.29) is 24.0 Å². The summed E-state index contributed by atoms with van der Waals surface area (Å²) in [5, 5.41) is 2.56. The number of nitrogens with one attached hydrogen (secondary N) is 1. The number of aryl methyl sites for hydroxylation is 2. The third-order valence-corrected chi connectivity index (χ3v) is 5.01. The molecule has 29 heavy (non-hydrogen) atoms. The van der Waals surface area contributed by atoms with Gasteiger partial charge < -0.3 is 10.2 Å². The Morgan fingerprint density at radius 2 is 1.76 bits per heavy atom. The zero-order valence-electron chi connectivity index (χ0n) is 16.3. The molecule has 4 nitrogen and oxygen atoms in total. The Morgan fingerprint density at radius 1 is 1.07 bits per heavy atom. The van der Waals surface area contributed by atoms with Crippen LogP contribution in [0.1, 0.15) is 39.9 Å². The van der Waals surface area contributed by atoms with Gasteiger partial charge in [0.2, 0.25) is 5.91 Å². The predicted octanol–water partition coefficient (Wildman–Crippen LogP) is 4.81. The van der Waals surface area contributed by atoms with Crippen LogP contribution in [0.4, 0.5) is 18.9 Å². The highest BCUT2D eigenvalue weighted by Crippen LogP contribution is 2.31. The summed E-state index contributed by atoms with van der Waals surface area (Å²) in [6, 6.07) is 10.2. The van der Waals surface area contributed by atoms with E-state index in [1.165, 1.54) is 12.1 Å². The van der Waals surface area contributed by atoms with E-state index < -0.39 is 17.7 Å². The average Bonchev–Trinajstić information content (AvgIpc) is 2.66. The van der Waals surface area contributed by atoms with Crippen LogP contribution in [0.15, 0.2) is 42.5 Å². The maximum Gasteiger partial charge on any atom is 0.416 e. The van der Waals surface area contributed by atoms with Gasteiger partial charge in [-0.2, -0.15) is 13.2 Å². The fourth-order valence-corrected chi connectivity index (χ4v) is 3.67. The van der Waals surface area contributed by atoms with E-state index in [1.54, 1.807) is 4.90 Å². The molecule has 2 aromatic rings. The van der Waals surface area contributed by atoms with Crippen LogP contribution < -0.4 is 5.32 Å². The first kappa shape index (κ1) is 20.9. The zero-order chi connectivity index (χ0) is 21.2. The minimum atomic E-state index is -4.47. The number of rotatable bonds is 3. The number of hydrogen-bond donors (Lipinski definition) is 1. The third-order valence-electron chi connectivity index (χ3n) is 5.01. The van der Waals surface area contributed by atoms with Gasteiger partial charge in [-0.3, -0.25) is 9.59 Å². The van der Waals surface area contributed by atoms with Gasteiger partial charge in [0.05, 0.1) is 11.5 Å². The fraction of sp³-hybridized carbons (Fsp3) is 0.364. The van der Waals surface area contributed by atoms with E-state index in [9.17, 15) is 22.8 Å². The van der Waals surface area contributed by atoms with Gasteiger partial charge >= 0.3 is 6.18 Å². The summed E-state index contributed by atoms with van der Waals surface area (Å²) < 4.78 is 38.6. The molecular weight excluding hydrogens is 381 g/mol. The molecule has 1 saturated heterocycles. The molecule has 1 unspecified atom stereocenters. The van der Waals surface area contributed by atoms with Crippen molar-refractivity contribution in [1.82, 2.24) is 4.90 Å². The molecule has 154 valence electrons. The standard InChI is InChI=1S/C22H23F3N2O2/c1-14-9-15(2)11-17(10-14)21(29)27-8-4-5-16(13-27)20(28)26-19-7-3-6-18(12-19)22(23,24)25/h3,6-7,9-12,16H,4-5,8,13H2,1-2H3,(H,26,28). The Labute approximate surface area is 167 Å². The Morgan fingerprint density at radius 3 is 2.41 bits per heavy atom. The van der Waals surface area contributed by atoms with Crippen LogP contribution in [0.25, 0.3) is 0 Å². The van der Waals surface area contributed by atoms with Crippen LogP contribution in [0, 0.1) is 19.8 Å². The van der Waals surface area contributed by atoms with Gasteiger partial charge in [-0.05, 0) is 57.0 Å². The summed E-state index contributed by atoms with van der Waals surface area (Å²) in [6.45, 7) is 4.65. The number of benzene rings is 2. The van der Waals surface area contributed by atoms with E-state index in [0.717, 1.165) is 23.3 Å². The number of amides is 2. The summed E-state index contributed by atoms with van der Waals surface area (Å²) in [4.78, 5) is 27.1. The Hall–Kier alpha value is -2.83. The Balaban J connectivity index is 1.69. The topological polar surface area (TPSA) is 49.4 Å². The van der Waals surface area contributed by atoms with Crippen LogP contribution in [0.3, 0.4) is 0 Å². The Bertz CT molecular complexity index is 904. The number of anilines is 1. The van der Waals surface area contributed by atoms with Gasteiger partial charge in [0, 0.05) is 24.3 Å². The number of likely N-dealkylation sites (tertiary alicyclic amines) is 1. The molecule has 0 spiro atoms. The second kappa shape index (κ2) is 8.27. The number of carbonyl (C=O) groups is 2. The van der Waals surface area contributed by atoms with Crippen molar-refractivity contribution in [3.05, 3.63) is 64.7 Å². The lowest BCUT2D eigenvalue weighted by atomic mass is 9.96. The van der Waals surface area contributed by atoms with Crippen molar-refractivity contribution in [2.24, 2.45) is 5.92 Å². The molecule has 1 aliphatic heterocycles. The molecule has 2 aromatic carbocycles. The highest BCUT2D eigenvalue weighted by atomic mass is 19.4. The first-order valence-corrected chi connectivity index (χ1v) is 9.49. The van der Waals surface area contributed by atoms with Crippen LogP contribution in [-0.2, 0) is 11.0 Å². The third kappa shape index (κ3) is 5.16. The van der Waals surface area contributed by atoms with E-state index in [1.807, 2.05) is 32.0 Å². The van der Waals surface area contributed by atoms with Crippen LogP contribution >= 0.6 is 0 Å². The van der Waals surface area contributed by atoms with Gasteiger partial charge in [-0.1, -0.05) is 23.3 Å². The first-order valence-electron chi connectivity index (χ1n) is 9.49. The molecule has 1 atom stereocenters. The van der Waals surface area contributed by atoms with Crippen LogP contribution in [0.2, 0.25) is 0 Å². The van der Waals surface area contributed by atoms with Gasteiger partial charge in [-0.15, -0.1) is 0 Å².